The molecule has 138 valence electrons. The highest BCUT2D eigenvalue weighted by Crippen LogP contribution is 2.22. The Kier molecular flexibility index (Phi) is 6.47. The predicted octanol–water partition coefficient (Wildman–Crippen LogP) is 3.27. The summed E-state index contributed by atoms with van der Waals surface area (Å²) in [4.78, 5) is 26.0. The smallest absolute Gasteiger partial charge is 0.286 e. The number of piperidine rings is 1. The van der Waals surface area contributed by atoms with Crippen molar-refractivity contribution in [2.24, 2.45) is 5.92 Å². The van der Waals surface area contributed by atoms with E-state index in [1.54, 1.807) is 12.1 Å². The van der Waals surface area contributed by atoms with Gasteiger partial charge in [0.05, 0.1) is 6.26 Å². The monoisotopic (exact) mass is 354 g/mol. The van der Waals surface area contributed by atoms with E-state index in [9.17, 15) is 9.59 Å². The molecule has 0 spiro atoms. The Balaban J connectivity index is 1.32. The number of hydrogen-bond acceptors (Lipinski definition) is 3. The van der Waals surface area contributed by atoms with E-state index in [1.165, 1.54) is 18.2 Å². The minimum atomic E-state index is -0.276. The van der Waals surface area contributed by atoms with Gasteiger partial charge in [0.2, 0.25) is 5.91 Å². The number of carbonyl (C=O) groups is 2. The van der Waals surface area contributed by atoms with Gasteiger partial charge in [0.1, 0.15) is 0 Å². The summed E-state index contributed by atoms with van der Waals surface area (Å²) < 4.78 is 5.03. The molecular weight excluding hydrogens is 328 g/mol. The second kappa shape index (κ2) is 9.22. The Morgan fingerprint density at radius 2 is 1.85 bits per heavy atom. The van der Waals surface area contributed by atoms with Crippen molar-refractivity contribution in [2.45, 2.75) is 32.1 Å². The summed E-state index contributed by atoms with van der Waals surface area (Å²) in [5, 5.41) is 2.72. The van der Waals surface area contributed by atoms with Crippen LogP contribution in [0, 0.1) is 5.92 Å². The Morgan fingerprint density at radius 1 is 1.08 bits per heavy atom. The van der Waals surface area contributed by atoms with Gasteiger partial charge in [0, 0.05) is 26.1 Å². The van der Waals surface area contributed by atoms with Gasteiger partial charge in [0.15, 0.2) is 5.76 Å². The molecule has 1 aliphatic heterocycles. The van der Waals surface area contributed by atoms with Crippen LogP contribution in [-0.2, 0) is 11.2 Å². The fourth-order valence-corrected chi connectivity index (χ4v) is 3.42. The van der Waals surface area contributed by atoms with Crippen LogP contribution in [0.15, 0.2) is 53.1 Å². The van der Waals surface area contributed by atoms with Crippen LogP contribution in [0.4, 0.5) is 0 Å². The molecule has 1 N–H and O–H groups in total. The number of nitrogens with zero attached hydrogens (tertiary/aromatic N) is 1. The number of carbonyl (C=O) groups excluding carboxylic acids is 2. The second-order valence-electron chi connectivity index (χ2n) is 6.83. The third kappa shape index (κ3) is 5.22. The molecule has 2 amide bonds. The molecule has 0 radical (unpaired) electrons. The van der Waals surface area contributed by atoms with Crippen LogP contribution in [0.1, 0.15) is 41.8 Å². The summed E-state index contributed by atoms with van der Waals surface area (Å²) in [5.74, 6) is 0.809. The van der Waals surface area contributed by atoms with Crippen LogP contribution in [0.3, 0.4) is 0 Å². The zero-order valence-corrected chi connectivity index (χ0v) is 15.0. The van der Waals surface area contributed by atoms with E-state index in [1.807, 2.05) is 11.0 Å². The molecule has 0 aliphatic carbocycles. The third-order valence-corrected chi connectivity index (χ3v) is 5.02. The lowest BCUT2D eigenvalue weighted by Gasteiger charge is -2.32. The van der Waals surface area contributed by atoms with Crippen molar-refractivity contribution in [1.82, 2.24) is 10.2 Å². The fraction of sp³-hybridized carbons (Fsp3) is 0.429. The van der Waals surface area contributed by atoms with Crippen molar-refractivity contribution in [3.05, 3.63) is 60.1 Å². The van der Waals surface area contributed by atoms with Crippen LogP contribution in [0.2, 0.25) is 0 Å². The maximum atomic E-state index is 12.3. The quantitative estimate of drug-likeness (QED) is 0.830. The van der Waals surface area contributed by atoms with Gasteiger partial charge in [-0.15, -0.1) is 0 Å². The lowest BCUT2D eigenvalue weighted by molar-refractivity contribution is -0.132. The standard InChI is InChI=1S/C21H26N2O3/c24-20(10-13-22-21(25)19-7-4-16-26-19)23-14-11-18(12-15-23)9-8-17-5-2-1-3-6-17/h1-7,16,18H,8-15H2,(H,22,25). The number of likely N-dealkylation sites (tertiary alicyclic amines) is 1. The van der Waals surface area contributed by atoms with Gasteiger partial charge in [-0.25, -0.2) is 0 Å². The molecule has 1 aliphatic rings. The number of furan rings is 1. The first-order valence-corrected chi connectivity index (χ1v) is 9.36. The average Bonchev–Trinajstić information content (AvgIpc) is 3.22. The number of benzene rings is 1. The number of nitrogens with one attached hydrogen (secondary N) is 1. The Bertz CT molecular complexity index is 689. The van der Waals surface area contributed by atoms with Crippen molar-refractivity contribution >= 4 is 11.8 Å². The van der Waals surface area contributed by atoms with E-state index in [-0.39, 0.29) is 17.6 Å². The van der Waals surface area contributed by atoms with Crippen LogP contribution in [0.5, 0.6) is 0 Å². The van der Waals surface area contributed by atoms with Crippen LogP contribution >= 0.6 is 0 Å². The molecule has 0 bridgehead atoms. The first-order valence-electron chi connectivity index (χ1n) is 9.36. The van der Waals surface area contributed by atoms with Crippen molar-refractivity contribution < 1.29 is 14.0 Å². The summed E-state index contributed by atoms with van der Waals surface area (Å²) in [6, 6.07) is 13.8. The molecule has 1 aromatic heterocycles. The van der Waals surface area contributed by atoms with E-state index < -0.39 is 0 Å². The average molecular weight is 354 g/mol. The zero-order chi connectivity index (χ0) is 18.2. The van der Waals surface area contributed by atoms with E-state index in [4.69, 9.17) is 4.42 Å². The van der Waals surface area contributed by atoms with E-state index in [0.717, 1.165) is 32.4 Å². The highest BCUT2D eigenvalue weighted by Gasteiger charge is 2.22. The summed E-state index contributed by atoms with van der Waals surface area (Å²) in [6.45, 7) is 1.99. The number of hydrogen-bond donors (Lipinski definition) is 1. The van der Waals surface area contributed by atoms with Gasteiger partial charge in [-0.2, -0.15) is 0 Å². The van der Waals surface area contributed by atoms with Gasteiger partial charge >= 0.3 is 0 Å². The molecule has 2 heterocycles. The minimum absolute atomic E-state index is 0.117. The molecule has 5 nitrogen and oxygen atoms in total. The first kappa shape index (κ1) is 18.2. The largest absolute Gasteiger partial charge is 0.459 e. The predicted molar refractivity (Wildman–Crippen MR) is 99.7 cm³/mol. The second-order valence-corrected chi connectivity index (χ2v) is 6.83. The SMILES string of the molecule is O=C(NCCC(=O)N1CCC(CCc2ccccc2)CC1)c1ccco1. The highest BCUT2D eigenvalue weighted by molar-refractivity contribution is 5.91. The van der Waals surface area contributed by atoms with Crippen molar-refractivity contribution in [2.75, 3.05) is 19.6 Å². The number of rotatable bonds is 7. The molecule has 0 unspecified atom stereocenters. The Labute approximate surface area is 154 Å². The van der Waals surface area contributed by atoms with E-state index in [2.05, 4.69) is 29.6 Å². The topological polar surface area (TPSA) is 62.6 Å². The van der Waals surface area contributed by atoms with E-state index in [0.29, 0.717) is 18.9 Å². The van der Waals surface area contributed by atoms with E-state index >= 15 is 0 Å². The molecule has 1 saturated heterocycles. The summed E-state index contributed by atoms with van der Waals surface area (Å²) in [5.41, 5.74) is 1.39. The van der Waals surface area contributed by atoms with Crippen LogP contribution in [-0.4, -0.2) is 36.3 Å². The Morgan fingerprint density at radius 3 is 2.54 bits per heavy atom. The molecule has 26 heavy (non-hydrogen) atoms. The number of amides is 2. The van der Waals surface area contributed by atoms with Crippen LogP contribution < -0.4 is 5.32 Å². The van der Waals surface area contributed by atoms with Gasteiger partial charge in [-0.1, -0.05) is 30.3 Å². The fourth-order valence-electron chi connectivity index (χ4n) is 3.42. The van der Waals surface area contributed by atoms with Crippen molar-refractivity contribution in [3.63, 3.8) is 0 Å². The van der Waals surface area contributed by atoms with Gasteiger partial charge < -0.3 is 14.6 Å². The first-order chi connectivity index (χ1) is 12.7. The maximum Gasteiger partial charge on any atom is 0.286 e. The molecular formula is C21H26N2O3. The third-order valence-electron chi connectivity index (χ3n) is 5.02. The summed E-state index contributed by atoms with van der Waals surface area (Å²) in [6.07, 6.45) is 6.22. The summed E-state index contributed by atoms with van der Waals surface area (Å²) >= 11 is 0. The highest BCUT2D eigenvalue weighted by atomic mass is 16.3. The normalized spacial score (nSPS) is 15.0. The van der Waals surface area contributed by atoms with Crippen molar-refractivity contribution in [3.8, 4) is 0 Å². The molecule has 2 aromatic rings. The van der Waals surface area contributed by atoms with Gasteiger partial charge in [0.25, 0.3) is 5.91 Å². The van der Waals surface area contributed by atoms with Crippen LogP contribution in [0.25, 0.3) is 0 Å². The molecule has 5 heteroatoms. The van der Waals surface area contributed by atoms with Gasteiger partial charge in [-0.3, -0.25) is 9.59 Å². The molecule has 0 atom stereocenters. The lowest BCUT2D eigenvalue weighted by Crippen LogP contribution is -2.40. The molecule has 1 fully saturated rings. The van der Waals surface area contributed by atoms with Gasteiger partial charge in [-0.05, 0) is 49.3 Å². The molecule has 1 aromatic carbocycles. The minimum Gasteiger partial charge on any atom is -0.459 e. The van der Waals surface area contributed by atoms with Crippen molar-refractivity contribution in [1.29, 1.82) is 0 Å². The number of aryl methyl sites for hydroxylation is 1. The lowest BCUT2D eigenvalue weighted by atomic mass is 9.90. The maximum absolute atomic E-state index is 12.3. The zero-order valence-electron chi connectivity index (χ0n) is 15.0. The summed E-state index contributed by atoms with van der Waals surface area (Å²) in [7, 11) is 0. The molecule has 0 saturated carbocycles. The Hall–Kier alpha value is -2.56. The molecule has 3 rings (SSSR count).